The molecule has 146 valence electrons. The lowest BCUT2D eigenvalue weighted by Crippen LogP contribution is -2.37. The van der Waals surface area contributed by atoms with Gasteiger partial charge in [-0.15, -0.1) is 0 Å². The smallest absolute Gasteiger partial charge is 0.227 e. The van der Waals surface area contributed by atoms with Crippen LogP contribution in [-0.4, -0.2) is 49.1 Å². The molecule has 2 aromatic rings. The summed E-state index contributed by atoms with van der Waals surface area (Å²) in [5.74, 6) is 2.47. The Morgan fingerprint density at radius 3 is 2.56 bits per heavy atom. The fraction of sp³-hybridized carbons (Fsp3) is 0.474. The zero-order valence-electron chi connectivity index (χ0n) is 16.0. The van der Waals surface area contributed by atoms with E-state index in [-0.39, 0.29) is 17.5 Å². The molecule has 0 aliphatic carbocycles. The number of benzene rings is 1. The maximum absolute atomic E-state index is 11.9. The van der Waals surface area contributed by atoms with E-state index in [1.807, 2.05) is 56.0 Å². The topological polar surface area (TPSA) is 84.4 Å². The summed E-state index contributed by atoms with van der Waals surface area (Å²) >= 11 is 0. The Hall–Kier alpha value is -2.35. The number of hydrogen-bond donors (Lipinski definition) is 1. The molecule has 1 aromatic heterocycles. The number of hydrogen-bond acceptors (Lipinski definition) is 7. The van der Waals surface area contributed by atoms with Gasteiger partial charge in [0, 0.05) is 30.0 Å². The van der Waals surface area contributed by atoms with Crippen LogP contribution >= 0.6 is 0 Å². The van der Waals surface area contributed by atoms with Gasteiger partial charge in [-0.3, -0.25) is 0 Å². The number of rotatable bonds is 7. The van der Waals surface area contributed by atoms with Gasteiger partial charge < -0.3 is 15.0 Å². The van der Waals surface area contributed by atoms with Crippen LogP contribution in [0.3, 0.4) is 0 Å². The third-order valence-corrected chi connectivity index (χ3v) is 6.28. The molecule has 2 heterocycles. The van der Waals surface area contributed by atoms with Crippen molar-refractivity contribution in [1.82, 2.24) is 9.97 Å². The lowest BCUT2D eigenvalue weighted by Gasteiger charge is -2.27. The third-order valence-electron chi connectivity index (χ3n) is 4.53. The molecule has 1 aromatic carbocycles. The minimum absolute atomic E-state index is 0.0693. The summed E-state index contributed by atoms with van der Waals surface area (Å²) in [6, 6.07) is 9.48. The van der Waals surface area contributed by atoms with E-state index in [1.54, 1.807) is 0 Å². The second-order valence-electron chi connectivity index (χ2n) is 6.62. The van der Waals surface area contributed by atoms with E-state index in [0.717, 1.165) is 17.1 Å². The molecule has 0 radical (unpaired) electrons. The van der Waals surface area contributed by atoms with Gasteiger partial charge in [-0.25, -0.2) is 13.4 Å². The molecular weight excluding hydrogens is 364 g/mol. The molecule has 1 aliphatic rings. The quantitative estimate of drug-likeness (QED) is 0.778. The highest BCUT2D eigenvalue weighted by Gasteiger charge is 2.33. The summed E-state index contributed by atoms with van der Waals surface area (Å²) in [5, 5.41) is 3.29. The molecule has 27 heavy (non-hydrogen) atoms. The first-order chi connectivity index (χ1) is 12.9. The van der Waals surface area contributed by atoms with Crippen LogP contribution in [0.2, 0.25) is 0 Å². The second kappa shape index (κ2) is 8.12. The minimum Gasteiger partial charge on any atom is -0.494 e. The van der Waals surface area contributed by atoms with Crippen LogP contribution in [0.15, 0.2) is 30.3 Å². The molecule has 1 N–H and O–H groups in total. The van der Waals surface area contributed by atoms with Gasteiger partial charge >= 0.3 is 0 Å². The highest BCUT2D eigenvalue weighted by Crippen LogP contribution is 2.25. The molecule has 0 amide bonds. The van der Waals surface area contributed by atoms with Crippen LogP contribution in [0.5, 0.6) is 5.75 Å². The molecule has 0 saturated carbocycles. The van der Waals surface area contributed by atoms with Crippen molar-refractivity contribution in [3.8, 4) is 5.75 Å². The van der Waals surface area contributed by atoms with Crippen molar-refractivity contribution in [2.24, 2.45) is 0 Å². The van der Waals surface area contributed by atoms with Gasteiger partial charge in [-0.1, -0.05) is 0 Å². The summed E-state index contributed by atoms with van der Waals surface area (Å²) in [4.78, 5) is 11.2. The van der Waals surface area contributed by atoms with E-state index in [0.29, 0.717) is 31.3 Å². The van der Waals surface area contributed by atoms with Gasteiger partial charge in [0.1, 0.15) is 11.6 Å². The van der Waals surface area contributed by atoms with E-state index < -0.39 is 9.84 Å². The first-order valence-electron chi connectivity index (χ1n) is 9.23. The van der Waals surface area contributed by atoms with Crippen LogP contribution in [0.4, 0.5) is 17.5 Å². The maximum Gasteiger partial charge on any atom is 0.227 e. The average Bonchev–Trinajstić information content (AvgIpc) is 2.97. The number of anilines is 3. The van der Waals surface area contributed by atoms with Crippen molar-refractivity contribution >= 4 is 27.3 Å². The SMILES string of the molecule is CCOc1ccc(Nc2cc(C)nc(N(CC)C3CCS(=O)(=O)C3)n2)cc1. The molecule has 8 heteroatoms. The Bertz CT molecular complexity index is 884. The lowest BCUT2D eigenvalue weighted by atomic mass is 10.2. The van der Waals surface area contributed by atoms with E-state index in [9.17, 15) is 8.42 Å². The Morgan fingerprint density at radius 2 is 1.96 bits per heavy atom. The summed E-state index contributed by atoms with van der Waals surface area (Å²) in [6.45, 7) is 7.15. The van der Waals surface area contributed by atoms with E-state index in [2.05, 4.69) is 15.3 Å². The van der Waals surface area contributed by atoms with Crippen molar-refractivity contribution in [3.63, 3.8) is 0 Å². The molecule has 1 unspecified atom stereocenters. The standard InChI is InChI=1S/C19H26N4O3S/c1-4-23(16-10-11-27(24,25)13-16)19-20-14(3)12-18(22-19)21-15-6-8-17(9-7-15)26-5-2/h6-9,12,16H,4-5,10-11,13H2,1-3H3,(H,20,21,22). The fourth-order valence-corrected chi connectivity index (χ4v) is 5.01. The van der Waals surface area contributed by atoms with Crippen molar-refractivity contribution in [3.05, 3.63) is 36.0 Å². The largest absolute Gasteiger partial charge is 0.494 e. The van der Waals surface area contributed by atoms with E-state index in [1.165, 1.54) is 0 Å². The van der Waals surface area contributed by atoms with Crippen LogP contribution in [0.1, 0.15) is 26.0 Å². The molecule has 1 aliphatic heterocycles. The zero-order chi connectivity index (χ0) is 19.4. The van der Waals surface area contributed by atoms with Crippen LogP contribution in [0, 0.1) is 6.92 Å². The number of aryl methyl sites for hydroxylation is 1. The minimum atomic E-state index is -2.96. The molecule has 0 bridgehead atoms. The number of nitrogens with zero attached hydrogens (tertiary/aromatic N) is 3. The van der Waals surface area contributed by atoms with Crippen molar-refractivity contribution in [2.75, 3.05) is 34.9 Å². The Balaban J connectivity index is 1.80. The van der Waals surface area contributed by atoms with Gasteiger partial charge in [-0.2, -0.15) is 4.98 Å². The van der Waals surface area contributed by atoms with Crippen LogP contribution in [-0.2, 0) is 9.84 Å². The number of sulfone groups is 1. The summed E-state index contributed by atoms with van der Waals surface area (Å²) in [6.07, 6.45) is 0.620. The number of aromatic nitrogens is 2. The summed E-state index contributed by atoms with van der Waals surface area (Å²) < 4.78 is 29.2. The molecule has 0 spiro atoms. The lowest BCUT2D eigenvalue weighted by molar-refractivity contribution is 0.340. The van der Waals surface area contributed by atoms with Gasteiger partial charge in [-0.05, 0) is 51.5 Å². The van der Waals surface area contributed by atoms with Crippen molar-refractivity contribution in [2.45, 2.75) is 33.2 Å². The van der Waals surface area contributed by atoms with Gasteiger partial charge in [0.15, 0.2) is 9.84 Å². The highest BCUT2D eigenvalue weighted by molar-refractivity contribution is 7.91. The first-order valence-corrected chi connectivity index (χ1v) is 11.0. The second-order valence-corrected chi connectivity index (χ2v) is 8.85. The van der Waals surface area contributed by atoms with Gasteiger partial charge in [0.2, 0.25) is 5.95 Å². The maximum atomic E-state index is 11.9. The van der Waals surface area contributed by atoms with Crippen molar-refractivity contribution < 1.29 is 13.2 Å². The third kappa shape index (κ3) is 4.88. The number of ether oxygens (including phenoxy) is 1. The number of nitrogens with one attached hydrogen (secondary N) is 1. The zero-order valence-corrected chi connectivity index (χ0v) is 16.8. The van der Waals surface area contributed by atoms with Gasteiger partial charge in [0.05, 0.1) is 18.1 Å². The molecule has 1 saturated heterocycles. The first kappa shape index (κ1) is 19.4. The molecule has 1 fully saturated rings. The summed E-state index contributed by atoms with van der Waals surface area (Å²) in [7, 11) is -2.96. The predicted molar refractivity (Wildman–Crippen MR) is 108 cm³/mol. The Morgan fingerprint density at radius 1 is 1.22 bits per heavy atom. The molecule has 1 atom stereocenters. The molecule has 7 nitrogen and oxygen atoms in total. The van der Waals surface area contributed by atoms with Crippen molar-refractivity contribution in [1.29, 1.82) is 0 Å². The highest BCUT2D eigenvalue weighted by atomic mass is 32.2. The van der Waals surface area contributed by atoms with E-state index >= 15 is 0 Å². The van der Waals surface area contributed by atoms with Gasteiger partial charge in [0.25, 0.3) is 0 Å². The molecular formula is C19H26N4O3S. The average molecular weight is 391 g/mol. The van der Waals surface area contributed by atoms with Crippen LogP contribution in [0.25, 0.3) is 0 Å². The Kier molecular flexibility index (Phi) is 5.84. The Labute approximate surface area is 160 Å². The fourth-order valence-electron chi connectivity index (χ4n) is 3.28. The van der Waals surface area contributed by atoms with E-state index in [4.69, 9.17) is 4.74 Å². The predicted octanol–water partition coefficient (Wildman–Crippen LogP) is 2.94. The monoisotopic (exact) mass is 390 g/mol. The van der Waals surface area contributed by atoms with Crippen LogP contribution < -0.4 is 15.0 Å². The summed E-state index contributed by atoms with van der Waals surface area (Å²) in [5.41, 5.74) is 1.72. The normalized spacial score (nSPS) is 18.3. The molecule has 3 rings (SSSR count).